The van der Waals surface area contributed by atoms with Gasteiger partial charge in [0.15, 0.2) is 0 Å². The van der Waals surface area contributed by atoms with E-state index in [9.17, 15) is 4.79 Å². The van der Waals surface area contributed by atoms with Crippen LogP contribution in [0.1, 0.15) is 25.7 Å². The van der Waals surface area contributed by atoms with Crippen LogP contribution in [0.2, 0.25) is 0 Å². The molecule has 0 aromatic heterocycles. The number of hydrogen-bond acceptors (Lipinski definition) is 4. The molecule has 1 saturated heterocycles. The van der Waals surface area contributed by atoms with Gasteiger partial charge in [0.1, 0.15) is 6.61 Å². The Hall–Kier alpha value is -0.870. The van der Waals surface area contributed by atoms with E-state index in [0.29, 0.717) is 31.3 Å². The molecule has 4 fully saturated rings. The minimum absolute atomic E-state index is 0.0197. The number of epoxide rings is 1. The van der Waals surface area contributed by atoms with Gasteiger partial charge in [0.25, 0.3) is 0 Å². The van der Waals surface area contributed by atoms with Crippen molar-refractivity contribution in [2.75, 3.05) is 13.2 Å². The summed E-state index contributed by atoms with van der Waals surface area (Å²) in [7, 11) is 0. The summed E-state index contributed by atoms with van der Waals surface area (Å²) in [6.07, 6.45) is 7.06. The van der Waals surface area contributed by atoms with E-state index in [-0.39, 0.29) is 11.6 Å². The van der Waals surface area contributed by atoms with Gasteiger partial charge in [-0.15, -0.1) is 0 Å². The Morgan fingerprint density at radius 3 is 3.21 bits per heavy atom. The zero-order chi connectivity index (χ0) is 13.0. The molecule has 104 valence electrons. The summed E-state index contributed by atoms with van der Waals surface area (Å²) in [4.78, 5) is 11.0. The lowest BCUT2D eigenvalue weighted by Gasteiger charge is -2.36. The number of fused-ring (bicyclic) bond motifs is 7. The lowest BCUT2D eigenvalue weighted by atomic mass is 9.78. The Morgan fingerprint density at radius 1 is 1.47 bits per heavy atom. The minimum Gasteiger partial charge on any atom is -0.460 e. The van der Waals surface area contributed by atoms with Crippen LogP contribution >= 0.6 is 0 Å². The third-order valence-corrected chi connectivity index (χ3v) is 5.58. The summed E-state index contributed by atoms with van der Waals surface area (Å²) >= 11 is 0. The molecule has 3 aliphatic carbocycles. The van der Waals surface area contributed by atoms with E-state index in [4.69, 9.17) is 14.2 Å². The molecule has 0 aromatic carbocycles. The molecular formula is C15H20O4. The normalized spacial score (nSPS) is 48.7. The molecule has 1 heterocycles. The second-order valence-electron chi connectivity index (χ2n) is 6.35. The van der Waals surface area contributed by atoms with Crippen LogP contribution < -0.4 is 0 Å². The second kappa shape index (κ2) is 4.06. The van der Waals surface area contributed by atoms with Crippen LogP contribution in [-0.4, -0.2) is 37.0 Å². The quantitative estimate of drug-likeness (QED) is 0.328. The second-order valence-corrected chi connectivity index (χ2v) is 6.35. The molecule has 3 saturated carbocycles. The molecule has 0 aromatic rings. The van der Waals surface area contributed by atoms with Crippen molar-refractivity contribution in [1.29, 1.82) is 0 Å². The minimum atomic E-state index is -0.374. The van der Waals surface area contributed by atoms with E-state index in [2.05, 4.69) is 6.58 Å². The van der Waals surface area contributed by atoms with Gasteiger partial charge in [0, 0.05) is 12.0 Å². The predicted molar refractivity (Wildman–Crippen MR) is 67.4 cm³/mol. The predicted octanol–water partition coefficient (Wildman–Crippen LogP) is 1.69. The van der Waals surface area contributed by atoms with Crippen molar-refractivity contribution >= 4 is 5.97 Å². The summed E-state index contributed by atoms with van der Waals surface area (Å²) in [5, 5.41) is 0. The largest absolute Gasteiger partial charge is 0.460 e. The fraction of sp³-hybridized carbons (Fsp3) is 0.800. The van der Waals surface area contributed by atoms with Crippen LogP contribution in [0.25, 0.3) is 0 Å². The van der Waals surface area contributed by atoms with Crippen LogP contribution in [0.3, 0.4) is 0 Å². The highest BCUT2D eigenvalue weighted by atomic mass is 16.6. The Bertz CT molecular complexity index is 420. The smallest absolute Gasteiger partial charge is 0.330 e. The number of ether oxygens (including phenoxy) is 3. The van der Waals surface area contributed by atoms with Gasteiger partial charge in [-0.3, -0.25) is 0 Å². The molecule has 0 N–H and O–H groups in total. The molecule has 19 heavy (non-hydrogen) atoms. The molecule has 6 unspecified atom stereocenters. The van der Waals surface area contributed by atoms with Crippen LogP contribution in [0.4, 0.5) is 0 Å². The highest BCUT2D eigenvalue weighted by molar-refractivity contribution is 5.81. The summed E-state index contributed by atoms with van der Waals surface area (Å²) in [6.45, 7) is 4.20. The number of esters is 1. The molecule has 1 aliphatic heterocycles. The van der Waals surface area contributed by atoms with Gasteiger partial charge in [-0.1, -0.05) is 6.58 Å². The van der Waals surface area contributed by atoms with E-state index in [1.54, 1.807) is 0 Å². The van der Waals surface area contributed by atoms with Crippen LogP contribution in [0, 0.1) is 17.8 Å². The van der Waals surface area contributed by atoms with Crippen LogP contribution in [0.5, 0.6) is 0 Å². The van der Waals surface area contributed by atoms with E-state index in [1.165, 1.54) is 25.3 Å². The number of carbonyl (C=O) groups excluding carboxylic acids is 1. The topological polar surface area (TPSA) is 48.1 Å². The average molecular weight is 264 g/mol. The van der Waals surface area contributed by atoms with Gasteiger partial charge in [-0.05, 0) is 37.5 Å². The SMILES string of the molecule is C=CC(=O)OCCOC12CCC(C1)C1CC3OC3C12. The highest BCUT2D eigenvalue weighted by Gasteiger charge is 2.70. The number of carbonyl (C=O) groups is 1. The van der Waals surface area contributed by atoms with Gasteiger partial charge in [0.2, 0.25) is 0 Å². The Balaban J connectivity index is 1.37. The molecule has 0 radical (unpaired) electrons. The molecule has 6 atom stereocenters. The summed E-state index contributed by atoms with van der Waals surface area (Å²) in [5.74, 6) is 1.90. The summed E-state index contributed by atoms with van der Waals surface area (Å²) < 4.78 is 16.9. The monoisotopic (exact) mass is 264 g/mol. The summed E-state index contributed by atoms with van der Waals surface area (Å²) in [6, 6.07) is 0. The van der Waals surface area contributed by atoms with Gasteiger partial charge in [0.05, 0.1) is 24.4 Å². The first-order valence-corrected chi connectivity index (χ1v) is 7.32. The maximum atomic E-state index is 11.0. The Morgan fingerprint density at radius 2 is 2.37 bits per heavy atom. The summed E-state index contributed by atoms with van der Waals surface area (Å²) in [5.41, 5.74) is 0.0197. The maximum absolute atomic E-state index is 11.0. The first kappa shape index (κ1) is 11.9. The van der Waals surface area contributed by atoms with Crippen molar-refractivity contribution in [2.45, 2.75) is 43.5 Å². The van der Waals surface area contributed by atoms with E-state index >= 15 is 0 Å². The third kappa shape index (κ3) is 1.69. The Kier molecular flexibility index (Phi) is 2.55. The fourth-order valence-corrected chi connectivity index (χ4v) is 4.92. The molecule has 4 rings (SSSR count). The first-order chi connectivity index (χ1) is 9.23. The fourth-order valence-electron chi connectivity index (χ4n) is 4.92. The molecule has 0 amide bonds. The van der Waals surface area contributed by atoms with Crippen molar-refractivity contribution in [3.05, 3.63) is 12.7 Å². The van der Waals surface area contributed by atoms with Crippen molar-refractivity contribution in [1.82, 2.24) is 0 Å². The zero-order valence-corrected chi connectivity index (χ0v) is 11.0. The van der Waals surface area contributed by atoms with Crippen LogP contribution in [0.15, 0.2) is 12.7 Å². The molecule has 0 spiro atoms. The molecule has 2 bridgehead atoms. The van der Waals surface area contributed by atoms with Gasteiger partial charge in [-0.25, -0.2) is 4.79 Å². The number of rotatable bonds is 5. The zero-order valence-electron chi connectivity index (χ0n) is 11.0. The van der Waals surface area contributed by atoms with E-state index < -0.39 is 0 Å². The average Bonchev–Trinajstić information content (AvgIpc) is 2.81. The maximum Gasteiger partial charge on any atom is 0.330 e. The van der Waals surface area contributed by atoms with E-state index in [1.807, 2.05) is 0 Å². The molecule has 4 heteroatoms. The standard InChI is InChI=1S/C15H20O4/c1-2-12(16)17-5-6-18-15-4-3-9(8-15)10-7-11-14(19-11)13(10)15/h2,9-11,13-14H,1,3-8H2. The van der Waals surface area contributed by atoms with Crippen LogP contribution in [-0.2, 0) is 19.0 Å². The van der Waals surface area contributed by atoms with E-state index in [0.717, 1.165) is 18.3 Å². The Labute approximate surface area is 113 Å². The number of hydrogen-bond donors (Lipinski definition) is 0. The van der Waals surface area contributed by atoms with Crippen molar-refractivity contribution in [2.24, 2.45) is 17.8 Å². The molecular weight excluding hydrogens is 244 g/mol. The van der Waals surface area contributed by atoms with Gasteiger partial charge in [-0.2, -0.15) is 0 Å². The molecule has 4 nitrogen and oxygen atoms in total. The van der Waals surface area contributed by atoms with Crippen molar-refractivity contribution in [3.63, 3.8) is 0 Å². The van der Waals surface area contributed by atoms with Gasteiger partial charge >= 0.3 is 5.97 Å². The third-order valence-electron chi connectivity index (χ3n) is 5.58. The van der Waals surface area contributed by atoms with Gasteiger partial charge < -0.3 is 14.2 Å². The first-order valence-electron chi connectivity index (χ1n) is 7.32. The van der Waals surface area contributed by atoms with Crippen molar-refractivity contribution in [3.8, 4) is 0 Å². The molecule has 4 aliphatic rings. The van der Waals surface area contributed by atoms with Crippen molar-refractivity contribution < 1.29 is 19.0 Å². The highest BCUT2D eigenvalue weighted by Crippen LogP contribution is 2.67. The lowest BCUT2D eigenvalue weighted by Crippen LogP contribution is -2.41. The lowest BCUT2D eigenvalue weighted by molar-refractivity contribution is -0.144.